The lowest BCUT2D eigenvalue weighted by molar-refractivity contribution is -0.127. The summed E-state index contributed by atoms with van der Waals surface area (Å²) in [6, 6.07) is 5.59. The van der Waals surface area contributed by atoms with E-state index in [1.54, 1.807) is 17.0 Å². The summed E-state index contributed by atoms with van der Waals surface area (Å²) in [5.41, 5.74) is 0.747. The van der Waals surface area contributed by atoms with Crippen molar-refractivity contribution in [3.63, 3.8) is 0 Å². The minimum atomic E-state index is -0.298. The topological polar surface area (TPSA) is 67.9 Å². The first-order valence-corrected chi connectivity index (χ1v) is 8.12. The lowest BCUT2D eigenvalue weighted by Crippen LogP contribution is -2.39. The first-order chi connectivity index (χ1) is 11.1. The molecule has 0 radical (unpaired) electrons. The predicted molar refractivity (Wildman–Crippen MR) is 85.5 cm³/mol. The van der Waals surface area contributed by atoms with Crippen LogP contribution in [0.2, 0.25) is 0 Å². The molecule has 0 saturated carbocycles. The number of nitrogens with zero attached hydrogens (tertiary/aromatic N) is 1. The largest absolute Gasteiger partial charge is 0.454 e. The molecule has 0 aromatic heterocycles. The molecule has 1 aromatic rings. The van der Waals surface area contributed by atoms with Gasteiger partial charge < -0.3 is 19.7 Å². The third-order valence-corrected chi connectivity index (χ3v) is 4.50. The van der Waals surface area contributed by atoms with Gasteiger partial charge in [-0.1, -0.05) is 13.8 Å². The first-order valence-electron chi connectivity index (χ1n) is 8.12. The van der Waals surface area contributed by atoms with E-state index in [-0.39, 0.29) is 37.0 Å². The van der Waals surface area contributed by atoms with E-state index in [9.17, 15) is 9.59 Å². The van der Waals surface area contributed by atoms with Crippen molar-refractivity contribution in [1.82, 2.24) is 5.32 Å². The van der Waals surface area contributed by atoms with Crippen LogP contribution in [-0.2, 0) is 9.59 Å². The second-order valence-corrected chi connectivity index (χ2v) is 5.96. The predicted octanol–water partition coefficient (Wildman–Crippen LogP) is 2.07. The molecule has 0 spiro atoms. The zero-order valence-electron chi connectivity index (χ0n) is 13.5. The summed E-state index contributed by atoms with van der Waals surface area (Å²) in [5, 5.41) is 3.03. The van der Waals surface area contributed by atoms with Crippen LogP contribution in [0.3, 0.4) is 0 Å². The summed E-state index contributed by atoms with van der Waals surface area (Å²) in [4.78, 5) is 26.3. The fourth-order valence-electron chi connectivity index (χ4n) is 3.00. The molecule has 2 aliphatic heterocycles. The highest BCUT2D eigenvalue weighted by Crippen LogP contribution is 2.37. The smallest absolute Gasteiger partial charge is 0.231 e. The maximum Gasteiger partial charge on any atom is 0.231 e. The van der Waals surface area contributed by atoms with E-state index in [1.165, 1.54) is 0 Å². The second-order valence-electron chi connectivity index (χ2n) is 5.96. The van der Waals surface area contributed by atoms with Crippen LogP contribution in [0.4, 0.5) is 5.69 Å². The summed E-state index contributed by atoms with van der Waals surface area (Å²) in [7, 11) is 0. The standard InChI is InChI=1S/C17H22N2O4/c1-3-12(4-2)18-17(21)11-7-16(20)19(9-11)13-5-6-14-15(8-13)23-10-22-14/h5-6,8,11-12H,3-4,7,9-10H2,1-2H3,(H,18,21). The zero-order valence-corrected chi connectivity index (χ0v) is 13.5. The Hall–Kier alpha value is -2.24. The lowest BCUT2D eigenvalue weighted by atomic mass is 10.1. The fraction of sp³-hybridized carbons (Fsp3) is 0.529. The molecule has 2 aliphatic rings. The molecule has 1 N–H and O–H groups in total. The average Bonchev–Trinajstić information content (AvgIpc) is 3.17. The molecule has 6 nitrogen and oxygen atoms in total. The Balaban J connectivity index is 1.69. The van der Waals surface area contributed by atoms with E-state index >= 15 is 0 Å². The van der Waals surface area contributed by atoms with Gasteiger partial charge >= 0.3 is 0 Å². The third kappa shape index (κ3) is 3.11. The van der Waals surface area contributed by atoms with Crippen LogP contribution in [0.25, 0.3) is 0 Å². The number of ether oxygens (including phenoxy) is 2. The Bertz CT molecular complexity index is 613. The highest BCUT2D eigenvalue weighted by molar-refractivity contribution is 6.00. The summed E-state index contributed by atoms with van der Waals surface area (Å²) in [6.07, 6.45) is 2.05. The van der Waals surface area contributed by atoms with E-state index < -0.39 is 0 Å². The molecule has 6 heteroatoms. The van der Waals surface area contributed by atoms with Gasteiger partial charge in [0.25, 0.3) is 0 Å². The number of hydrogen-bond acceptors (Lipinski definition) is 4. The Morgan fingerprint density at radius 2 is 2.04 bits per heavy atom. The van der Waals surface area contributed by atoms with Gasteiger partial charge in [-0.3, -0.25) is 9.59 Å². The highest BCUT2D eigenvalue weighted by atomic mass is 16.7. The van der Waals surface area contributed by atoms with Gasteiger partial charge in [-0.15, -0.1) is 0 Å². The van der Waals surface area contributed by atoms with Gasteiger partial charge in [-0.2, -0.15) is 0 Å². The molecule has 1 fully saturated rings. The number of hydrogen-bond donors (Lipinski definition) is 1. The SMILES string of the molecule is CCC(CC)NC(=O)C1CC(=O)N(c2ccc3c(c2)OCO3)C1. The Morgan fingerprint density at radius 3 is 2.78 bits per heavy atom. The Kier molecular flexibility index (Phi) is 4.41. The van der Waals surface area contributed by atoms with Crippen molar-refractivity contribution in [3.05, 3.63) is 18.2 Å². The van der Waals surface area contributed by atoms with Crippen LogP contribution in [0.15, 0.2) is 18.2 Å². The monoisotopic (exact) mass is 318 g/mol. The Labute approximate surface area is 135 Å². The van der Waals surface area contributed by atoms with Crippen molar-refractivity contribution in [3.8, 4) is 11.5 Å². The van der Waals surface area contributed by atoms with Crippen LogP contribution in [-0.4, -0.2) is 31.2 Å². The minimum Gasteiger partial charge on any atom is -0.454 e. The summed E-state index contributed by atoms with van der Waals surface area (Å²) in [5.74, 6) is 0.959. The molecule has 2 heterocycles. The molecule has 1 atom stereocenters. The van der Waals surface area contributed by atoms with E-state index in [4.69, 9.17) is 9.47 Å². The summed E-state index contributed by atoms with van der Waals surface area (Å²) < 4.78 is 10.6. The van der Waals surface area contributed by atoms with Gasteiger partial charge in [-0.05, 0) is 25.0 Å². The molecule has 124 valence electrons. The van der Waals surface area contributed by atoms with Crippen LogP contribution in [0.5, 0.6) is 11.5 Å². The Morgan fingerprint density at radius 1 is 1.30 bits per heavy atom. The number of carbonyl (C=O) groups excluding carboxylic acids is 2. The number of benzene rings is 1. The van der Waals surface area contributed by atoms with Crippen LogP contribution in [0, 0.1) is 5.92 Å². The maximum atomic E-state index is 12.3. The van der Waals surface area contributed by atoms with Gasteiger partial charge in [0.1, 0.15) is 0 Å². The normalized spacial score (nSPS) is 19.5. The van der Waals surface area contributed by atoms with Crippen molar-refractivity contribution >= 4 is 17.5 Å². The van der Waals surface area contributed by atoms with Gasteiger partial charge in [0.15, 0.2) is 11.5 Å². The maximum absolute atomic E-state index is 12.3. The number of amides is 2. The average molecular weight is 318 g/mol. The molecule has 0 aliphatic carbocycles. The van der Waals surface area contributed by atoms with E-state index in [2.05, 4.69) is 5.32 Å². The molecule has 0 bridgehead atoms. The number of rotatable bonds is 5. The number of fused-ring (bicyclic) bond motifs is 1. The quantitative estimate of drug-likeness (QED) is 0.902. The van der Waals surface area contributed by atoms with Crippen LogP contribution < -0.4 is 19.7 Å². The van der Waals surface area contributed by atoms with Crippen LogP contribution >= 0.6 is 0 Å². The number of anilines is 1. The fourth-order valence-corrected chi connectivity index (χ4v) is 3.00. The molecule has 3 rings (SSSR count). The van der Waals surface area contributed by atoms with E-state index in [0.717, 1.165) is 18.5 Å². The molecule has 1 saturated heterocycles. The summed E-state index contributed by atoms with van der Waals surface area (Å²) in [6.45, 7) is 4.71. The number of carbonyl (C=O) groups is 2. The minimum absolute atomic E-state index is 0.0321. The lowest BCUT2D eigenvalue weighted by Gasteiger charge is -2.19. The zero-order chi connectivity index (χ0) is 16.4. The van der Waals surface area contributed by atoms with Crippen molar-refractivity contribution < 1.29 is 19.1 Å². The van der Waals surface area contributed by atoms with Gasteiger partial charge in [-0.25, -0.2) is 0 Å². The van der Waals surface area contributed by atoms with Crippen molar-refractivity contribution in [1.29, 1.82) is 0 Å². The van der Waals surface area contributed by atoms with Gasteiger partial charge in [0.2, 0.25) is 18.6 Å². The molecule has 2 amide bonds. The van der Waals surface area contributed by atoms with Crippen molar-refractivity contribution in [2.45, 2.75) is 39.2 Å². The van der Waals surface area contributed by atoms with Gasteiger partial charge in [0, 0.05) is 30.8 Å². The summed E-state index contributed by atoms with van der Waals surface area (Å²) >= 11 is 0. The molecule has 1 unspecified atom stereocenters. The van der Waals surface area contributed by atoms with Crippen molar-refractivity contribution in [2.24, 2.45) is 5.92 Å². The number of nitrogens with one attached hydrogen (secondary N) is 1. The van der Waals surface area contributed by atoms with E-state index in [0.29, 0.717) is 18.0 Å². The highest BCUT2D eigenvalue weighted by Gasteiger charge is 2.36. The second kappa shape index (κ2) is 6.48. The van der Waals surface area contributed by atoms with E-state index in [1.807, 2.05) is 19.9 Å². The first kappa shape index (κ1) is 15.6. The molecular weight excluding hydrogens is 296 g/mol. The van der Waals surface area contributed by atoms with Crippen molar-refractivity contribution in [2.75, 3.05) is 18.2 Å². The third-order valence-electron chi connectivity index (χ3n) is 4.50. The molecule has 1 aromatic carbocycles. The van der Waals surface area contributed by atoms with Gasteiger partial charge in [0.05, 0.1) is 5.92 Å². The van der Waals surface area contributed by atoms with Crippen LogP contribution in [0.1, 0.15) is 33.1 Å². The molecule has 23 heavy (non-hydrogen) atoms. The molecular formula is C17H22N2O4.